The molecule has 0 saturated heterocycles. The van der Waals surface area contributed by atoms with E-state index in [1.54, 1.807) is 0 Å². The number of hydrogen-bond donors (Lipinski definition) is 1. The standard InChI is InChI=1S/C5H7F3O5S/c1-12-4(10)3(2-9)13-14(11)5(6,7)8/h3,9H,2H2,1H3. The molecule has 0 aliphatic rings. The summed E-state index contributed by atoms with van der Waals surface area (Å²) in [6.45, 7) is -1.05. The van der Waals surface area contributed by atoms with Gasteiger partial charge in [0, 0.05) is 0 Å². The monoisotopic (exact) mass is 236 g/mol. The first-order valence-corrected chi connectivity index (χ1v) is 4.24. The smallest absolute Gasteiger partial charge is 0.467 e. The summed E-state index contributed by atoms with van der Waals surface area (Å²) in [6, 6.07) is 0. The third-order valence-electron chi connectivity index (χ3n) is 1.02. The van der Waals surface area contributed by atoms with E-state index in [9.17, 15) is 22.2 Å². The lowest BCUT2D eigenvalue weighted by molar-refractivity contribution is -0.150. The molecule has 9 heteroatoms. The van der Waals surface area contributed by atoms with Crippen molar-refractivity contribution < 1.29 is 36.2 Å². The van der Waals surface area contributed by atoms with Crippen LogP contribution >= 0.6 is 0 Å². The fraction of sp³-hybridized carbons (Fsp3) is 0.800. The van der Waals surface area contributed by atoms with Gasteiger partial charge in [0.15, 0.2) is 6.10 Å². The molecule has 0 aromatic carbocycles. The van der Waals surface area contributed by atoms with Gasteiger partial charge in [0.1, 0.15) is 0 Å². The lowest BCUT2D eigenvalue weighted by Crippen LogP contribution is -2.33. The van der Waals surface area contributed by atoms with Crippen molar-refractivity contribution >= 4 is 17.0 Å². The summed E-state index contributed by atoms with van der Waals surface area (Å²) in [7, 11) is 0.894. The number of rotatable bonds is 4. The minimum atomic E-state index is -5.10. The maximum atomic E-state index is 11.7. The van der Waals surface area contributed by atoms with Gasteiger partial charge in [-0.15, -0.1) is 0 Å². The Bertz CT molecular complexity index is 228. The van der Waals surface area contributed by atoms with Crippen LogP contribution in [0.15, 0.2) is 0 Å². The molecule has 0 aliphatic heterocycles. The van der Waals surface area contributed by atoms with Gasteiger partial charge in [-0.05, 0) is 0 Å². The molecule has 0 fully saturated rings. The Morgan fingerprint density at radius 2 is 2.07 bits per heavy atom. The second-order valence-corrected chi connectivity index (χ2v) is 3.10. The zero-order valence-electron chi connectivity index (χ0n) is 6.91. The highest BCUT2D eigenvalue weighted by molar-refractivity contribution is 7.81. The molecule has 0 amide bonds. The van der Waals surface area contributed by atoms with Crippen molar-refractivity contribution in [2.75, 3.05) is 13.7 Å². The van der Waals surface area contributed by atoms with Crippen LogP contribution in [0.3, 0.4) is 0 Å². The first-order valence-electron chi connectivity index (χ1n) is 3.17. The predicted molar refractivity (Wildman–Crippen MR) is 38.2 cm³/mol. The van der Waals surface area contributed by atoms with Gasteiger partial charge in [-0.3, -0.25) is 4.18 Å². The number of hydrogen-bond acceptors (Lipinski definition) is 5. The van der Waals surface area contributed by atoms with E-state index in [1.165, 1.54) is 0 Å². The van der Waals surface area contributed by atoms with Crippen LogP contribution in [-0.2, 0) is 24.8 Å². The van der Waals surface area contributed by atoms with Crippen LogP contribution in [0.1, 0.15) is 0 Å². The fourth-order valence-corrected chi connectivity index (χ4v) is 0.895. The van der Waals surface area contributed by atoms with Crippen molar-refractivity contribution in [1.82, 2.24) is 0 Å². The quantitative estimate of drug-likeness (QED) is 0.679. The third-order valence-corrected chi connectivity index (χ3v) is 1.81. The van der Waals surface area contributed by atoms with Crippen molar-refractivity contribution in [3.63, 3.8) is 0 Å². The summed E-state index contributed by atoms with van der Waals surface area (Å²) < 4.78 is 53.0. The second kappa shape index (κ2) is 5.27. The van der Waals surface area contributed by atoms with E-state index in [4.69, 9.17) is 5.11 Å². The molecule has 2 unspecified atom stereocenters. The van der Waals surface area contributed by atoms with Crippen LogP contribution < -0.4 is 0 Å². The highest BCUT2D eigenvalue weighted by Crippen LogP contribution is 2.21. The maximum absolute atomic E-state index is 11.7. The molecule has 0 aromatic rings. The van der Waals surface area contributed by atoms with Crippen molar-refractivity contribution in [2.45, 2.75) is 11.6 Å². The number of methoxy groups -OCH3 is 1. The van der Waals surface area contributed by atoms with Crippen LogP contribution in [0.4, 0.5) is 13.2 Å². The van der Waals surface area contributed by atoms with Gasteiger partial charge in [-0.1, -0.05) is 0 Å². The Morgan fingerprint density at radius 1 is 1.57 bits per heavy atom. The molecular formula is C5H7F3O5S. The normalized spacial score (nSPS) is 16.1. The third kappa shape index (κ3) is 4.03. The number of aliphatic hydroxyl groups excluding tert-OH is 1. The molecule has 0 rings (SSSR count). The van der Waals surface area contributed by atoms with Crippen molar-refractivity contribution in [3.8, 4) is 0 Å². The van der Waals surface area contributed by atoms with E-state index in [0.29, 0.717) is 0 Å². The molecule has 0 saturated carbocycles. The molecule has 0 radical (unpaired) electrons. The molecule has 84 valence electrons. The molecule has 0 spiro atoms. The topological polar surface area (TPSA) is 72.8 Å². The molecule has 2 atom stereocenters. The summed E-state index contributed by atoms with van der Waals surface area (Å²) >= 11 is -3.65. The van der Waals surface area contributed by atoms with Crippen molar-refractivity contribution in [2.24, 2.45) is 0 Å². The number of ether oxygens (including phenoxy) is 1. The summed E-state index contributed by atoms with van der Waals surface area (Å²) in [5.74, 6) is -1.23. The molecule has 0 aromatic heterocycles. The zero-order valence-corrected chi connectivity index (χ0v) is 7.72. The van der Waals surface area contributed by atoms with Gasteiger partial charge >= 0.3 is 11.5 Å². The van der Waals surface area contributed by atoms with E-state index in [0.717, 1.165) is 7.11 Å². The number of halogens is 3. The van der Waals surface area contributed by atoms with E-state index in [2.05, 4.69) is 8.92 Å². The van der Waals surface area contributed by atoms with Gasteiger partial charge in [0.05, 0.1) is 13.7 Å². The summed E-state index contributed by atoms with van der Waals surface area (Å²) in [5, 5.41) is 8.41. The number of carbonyl (C=O) groups is 1. The Morgan fingerprint density at radius 3 is 2.36 bits per heavy atom. The van der Waals surface area contributed by atoms with Crippen LogP contribution in [-0.4, -0.2) is 40.6 Å². The Balaban J connectivity index is 4.34. The fourth-order valence-electron chi connectivity index (χ4n) is 0.436. The van der Waals surface area contributed by atoms with Gasteiger partial charge < -0.3 is 9.84 Å². The minimum absolute atomic E-state index is 0.894. The van der Waals surface area contributed by atoms with Crippen molar-refractivity contribution in [1.29, 1.82) is 0 Å². The van der Waals surface area contributed by atoms with Gasteiger partial charge in [0.2, 0.25) is 0 Å². The molecule has 5 nitrogen and oxygen atoms in total. The Kier molecular flexibility index (Phi) is 5.02. The number of carbonyl (C=O) groups excluding carboxylic acids is 1. The lowest BCUT2D eigenvalue weighted by atomic mass is 10.4. The average Bonchev–Trinajstić information content (AvgIpc) is 2.10. The minimum Gasteiger partial charge on any atom is -0.467 e. The number of aliphatic hydroxyl groups is 1. The lowest BCUT2D eigenvalue weighted by Gasteiger charge is -2.12. The molecule has 14 heavy (non-hydrogen) atoms. The van der Waals surface area contributed by atoms with Crippen LogP contribution in [0.25, 0.3) is 0 Å². The van der Waals surface area contributed by atoms with E-state index in [-0.39, 0.29) is 0 Å². The van der Waals surface area contributed by atoms with E-state index < -0.39 is 35.3 Å². The van der Waals surface area contributed by atoms with Gasteiger partial charge in [-0.25, -0.2) is 9.00 Å². The zero-order chi connectivity index (χ0) is 11.4. The number of esters is 1. The first-order chi connectivity index (χ1) is 6.32. The Labute approximate surface area is 79.5 Å². The highest BCUT2D eigenvalue weighted by Gasteiger charge is 2.41. The average molecular weight is 236 g/mol. The largest absolute Gasteiger partial charge is 0.497 e. The number of alkyl halides is 3. The van der Waals surface area contributed by atoms with Crippen molar-refractivity contribution in [3.05, 3.63) is 0 Å². The van der Waals surface area contributed by atoms with E-state index in [1.807, 2.05) is 0 Å². The van der Waals surface area contributed by atoms with Crippen LogP contribution in [0, 0.1) is 0 Å². The maximum Gasteiger partial charge on any atom is 0.497 e. The SMILES string of the molecule is COC(=O)C(CO)OS(=O)C(F)(F)F. The highest BCUT2D eigenvalue weighted by atomic mass is 32.2. The Hall–Kier alpha value is -0.670. The summed E-state index contributed by atoms with van der Waals surface area (Å²) in [6.07, 6.45) is -1.90. The van der Waals surface area contributed by atoms with Gasteiger partial charge in [0.25, 0.3) is 11.1 Å². The summed E-state index contributed by atoms with van der Waals surface area (Å²) in [4.78, 5) is 10.6. The van der Waals surface area contributed by atoms with E-state index >= 15 is 0 Å². The van der Waals surface area contributed by atoms with Crippen LogP contribution in [0.2, 0.25) is 0 Å². The molecule has 1 N–H and O–H groups in total. The molecular weight excluding hydrogens is 229 g/mol. The summed E-state index contributed by atoms with van der Waals surface area (Å²) in [5.41, 5.74) is -5.10. The molecule has 0 heterocycles. The molecule has 0 aliphatic carbocycles. The second-order valence-electron chi connectivity index (χ2n) is 1.97. The molecule has 0 bridgehead atoms. The van der Waals surface area contributed by atoms with Crippen LogP contribution in [0.5, 0.6) is 0 Å². The predicted octanol–water partition coefficient (Wildman–Crippen LogP) is -0.280. The first kappa shape index (κ1) is 13.3. The van der Waals surface area contributed by atoms with Gasteiger partial charge in [-0.2, -0.15) is 13.2 Å².